The summed E-state index contributed by atoms with van der Waals surface area (Å²) in [6.45, 7) is 9.99. The summed E-state index contributed by atoms with van der Waals surface area (Å²) in [6.07, 6.45) is 6.82. The van der Waals surface area contributed by atoms with Gasteiger partial charge in [-0.2, -0.15) is 0 Å². The number of guanidine groups is 1. The van der Waals surface area contributed by atoms with Crippen LogP contribution in [0.2, 0.25) is 5.02 Å². The predicted octanol–water partition coefficient (Wildman–Crippen LogP) is 5.16. The van der Waals surface area contributed by atoms with E-state index in [9.17, 15) is 4.79 Å². The Balaban J connectivity index is 1.92. The number of hydrogen-bond acceptors (Lipinski definition) is 6. The molecule has 8 heteroatoms. The third-order valence-corrected chi connectivity index (χ3v) is 5.53. The highest BCUT2D eigenvalue weighted by molar-refractivity contribution is 6.30. The van der Waals surface area contributed by atoms with Crippen molar-refractivity contribution in [2.24, 2.45) is 9.98 Å². The van der Waals surface area contributed by atoms with Crippen LogP contribution in [-0.4, -0.2) is 60.0 Å². The van der Waals surface area contributed by atoms with E-state index in [-0.39, 0.29) is 24.3 Å². The van der Waals surface area contributed by atoms with Crippen molar-refractivity contribution in [2.75, 3.05) is 13.6 Å². The lowest BCUT2D eigenvalue weighted by Crippen LogP contribution is -2.55. The normalized spacial score (nSPS) is 20.3. The molecule has 0 fully saturated rings. The van der Waals surface area contributed by atoms with Gasteiger partial charge >= 0.3 is 6.09 Å². The number of allylic oxidation sites excluding steroid dienone is 1. The minimum Gasteiger partial charge on any atom is -0.491 e. The molecule has 3 rings (SSSR count). The molecule has 184 valence electrons. The molecule has 1 aromatic rings. The van der Waals surface area contributed by atoms with Gasteiger partial charge in [0, 0.05) is 18.5 Å². The highest BCUT2D eigenvalue weighted by atomic mass is 35.5. The number of carbonyl (C=O) groups is 1. The second-order valence-electron chi connectivity index (χ2n) is 9.66. The van der Waals surface area contributed by atoms with Crippen LogP contribution in [0.25, 0.3) is 0 Å². The predicted molar refractivity (Wildman–Crippen MR) is 138 cm³/mol. The van der Waals surface area contributed by atoms with Crippen molar-refractivity contribution < 1.29 is 14.3 Å². The van der Waals surface area contributed by atoms with E-state index in [1.165, 1.54) is 0 Å². The van der Waals surface area contributed by atoms with Crippen molar-refractivity contribution >= 4 is 29.4 Å². The number of nitrogens with one attached hydrogen (secondary N) is 1. The first kappa shape index (κ1) is 25.8. The highest BCUT2D eigenvalue weighted by Crippen LogP contribution is 2.25. The van der Waals surface area contributed by atoms with Gasteiger partial charge in [-0.1, -0.05) is 29.8 Å². The molecule has 0 bridgehead atoms. The zero-order valence-electron chi connectivity index (χ0n) is 20.8. The number of aliphatic imine (C=N–C) groups is 2. The van der Waals surface area contributed by atoms with Crippen molar-refractivity contribution in [3.8, 4) is 0 Å². The molecule has 34 heavy (non-hydrogen) atoms. The largest absolute Gasteiger partial charge is 0.491 e. The highest BCUT2D eigenvalue weighted by Gasteiger charge is 2.37. The molecular weight excluding hydrogens is 452 g/mol. The molecule has 2 aliphatic rings. The monoisotopic (exact) mass is 486 g/mol. The standard InChI is InChI=1S/C26H35ClN4O3/c1-17(2)33-21-13-11-20(12-14-21)31(25(32)34-26(3,4)5)23-16-29-24(28-6)30-22(23)15-18-7-9-19(27)10-8-18/h7-11,13-14,17,20,23H,12,15-16H2,1-6H3,(H,28,29). The Morgan fingerprint density at radius 1 is 1.26 bits per heavy atom. The molecule has 1 amide bonds. The van der Waals surface area contributed by atoms with Crippen molar-refractivity contribution in [1.82, 2.24) is 10.2 Å². The summed E-state index contributed by atoms with van der Waals surface area (Å²) in [5, 5.41) is 3.70. The van der Waals surface area contributed by atoms with Crippen LogP contribution in [0.4, 0.5) is 4.79 Å². The third-order valence-electron chi connectivity index (χ3n) is 5.28. The van der Waals surface area contributed by atoms with Gasteiger partial charge in [-0.15, -0.1) is 0 Å². The number of hydrogen-bond donors (Lipinski definition) is 1. The van der Waals surface area contributed by atoms with Crippen molar-refractivity contribution in [2.45, 2.75) is 71.2 Å². The maximum absolute atomic E-state index is 13.5. The van der Waals surface area contributed by atoms with Crippen LogP contribution in [0, 0.1) is 0 Å². The van der Waals surface area contributed by atoms with Crippen molar-refractivity contribution in [1.29, 1.82) is 0 Å². The van der Waals surface area contributed by atoms with E-state index in [1.807, 2.05) is 77.1 Å². The third kappa shape index (κ3) is 7.10. The van der Waals surface area contributed by atoms with Crippen LogP contribution in [0.1, 0.15) is 46.6 Å². The van der Waals surface area contributed by atoms with Crippen LogP contribution >= 0.6 is 11.6 Å². The number of rotatable bonds is 6. The van der Waals surface area contributed by atoms with Gasteiger partial charge in [0.05, 0.1) is 30.4 Å². The zero-order valence-corrected chi connectivity index (χ0v) is 21.6. The molecule has 1 aliphatic carbocycles. The Labute approximate surface area is 207 Å². The minimum atomic E-state index is -0.628. The average molecular weight is 487 g/mol. The smallest absolute Gasteiger partial charge is 0.411 e. The maximum atomic E-state index is 13.5. The number of nitrogens with zero attached hydrogens (tertiary/aromatic N) is 3. The summed E-state index contributed by atoms with van der Waals surface area (Å²) >= 11 is 6.07. The van der Waals surface area contributed by atoms with Crippen LogP contribution < -0.4 is 5.32 Å². The fourth-order valence-corrected chi connectivity index (χ4v) is 3.97. The van der Waals surface area contributed by atoms with Crippen molar-refractivity contribution in [3.63, 3.8) is 0 Å². The van der Waals surface area contributed by atoms with E-state index in [0.29, 0.717) is 30.4 Å². The number of benzene rings is 1. The number of amides is 1. The lowest BCUT2D eigenvalue weighted by atomic mass is 9.97. The molecule has 1 aromatic carbocycles. The summed E-state index contributed by atoms with van der Waals surface area (Å²) in [4.78, 5) is 24.6. The fraction of sp³-hybridized carbons (Fsp3) is 0.500. The van der Waals surface area contributed by atoms with Crippen LogP contribution in [-0.2, 0) is 15.9 Å². The molecule has 0 aromatic heterocycles. The van der Waals surface area contributed by atoms with E-state index in [1.54, 1.807) is 11.9 Å². The summed E-state index contributed by atoms with van der Waals surface area (Å²) in [5.74, 6) is 1.36. The SMILES string of the molecule is CNC1=NCC(N(C(=O)OC(C)(C)C)C2C=CC(OC(C)C)=CC2)C(Cc2ccc(Cl)cc2)=N1. The molecular formula is C26H35ClN4O3. The molecule has 0 radical (unpaired) electrons. The average Bonchev–Trinajstić information content (AvgIpc) is 2.76. The first-order valence-corrected chi connectivity index (χ1v) is 12.0. The lowest BCUT2D eigenvalue weighted by Gasteiger charge is -2.39. The van der Waals surface area contributed by atoms with E-state index in [2.05, 4.69) is 10.3 Å². The van der Waals surface area contributed by atoms with Gasteiger partial charge in [0.15, 0.2) is 0 Å². The summed E-state index contributed by atoms with van der Waals surface area (Å²) in [7, 11) is 1.79. The van der Waals surface area contributed by atoms with Crippen LogP contribution in [0.3, 0.4) is 0 Å². The minimum absolute atomic E-state index is 0.0835. The molecule has 2 unspecified atom stereocenters. The molecule has 2 atom stereocenters. The molecule has 0 saturated carbocycles. The van der Waals surface area contributed by atoms with Crippen LogP contribution in [0.15, 0.2) is 58.2 Å². The van der Waals surface area contributed by atoms with Crippen LogP contribution in [0.5, 0.6) is 0 Å². The van der Waals surface area contributed by atoms with E-state index in [0.717, 1.165) is 17.0 Å². The first-order chi connectivity index (χ1) is 16.1. The second kappa shape index (κ2) is 11.1. The van der Waals surface area contributed by atoms with Gasteiger partial charge in [-0.05, 0) is 70.9 Å². The van der Waals surface area contributed by atoms with E-state index >= 15 is 0 Å². The van der Waals surface area contributed by atoms with Gasteiger partial charge in [0.2, 0.25) is 5.96 Å². The molecule has 1 heterocycles. The molecule has 1 aliphatic heterocycles. The van der Waals surface area contributed by atoms with Gasteiger partial charge in [0.1, 0.15) is 11.4 Å². The topological polar surface area (TPSA) is 75.5 Å². The Hall–Kier alpha value is -2.80. The van der Waals surface area contributed by atoms with Gasteiger partial charge in [-0.3, -0.25) is 4.90 Å². The second-order valence-corrected chi connectivity index (χ2v) is 10.1. The Kier molecular flexibility index (Phi) is 8.42. The van der Waals surface area contributed by atoms with Gasteiger partial charge in [-0.25, -0.2) is 14.8 Å². The van der Waals surface area contributed by atoms with E-state index in [4.69, 9.17) is 26.1 Å². The summed E-state index contributed by atoms with van der Waals surface area (Å²) in [5.41, 5.74) is 1.27. The first-order valence-electron chi connectivity index (χ1n) is 11.7. The molecule has 0 saturated heterocycles. The van der Waals surface area contributed by atoms with E-state index < -0.39 is 5.60 Å². The number of ether oxygens (including phenoxy) is 2. The zero-order chi connectivity index (χ0) is 24.9. The summed E-state index contributed by atoms with van der Waals surface area (Å²) < 4.78 is 11.6. The fourth-order valence-electron chi connectivity index (χ4n) is 3.84. The van der Waals surface area contributed by atoms with Gasteiger partial charge < -0.3 is 14.8 Å². The Morgan fingerprint density at radius 2 is 1.97 bits per heavy atom. The van der Waals surface area contributed by atoms with Gasteiger partial charge in [0.25, 0.3) is 0 Å². The Morgan fingerprint density at radius 3 is 2.53 bits per heavy atom. The molecule has 0 spiro atoms. The number of halogens is 1. The summed E-state index contributed by atoms with van der Waals surface area (Å²) in [6, 6.07) is 7.11. The maximum Gasteiger partial charge on any atom is 0.411 e. The molecule has 1 N–H and O–H groups in total. The Bertz CT molecular complexity index is 990. The molecule has 7 nitrogen and oxygen atoms in total. The number of carbonyl (C=O) groups excluding carboxylic acids is 1. The van der Waals surface area contributed by atoms with Crippen molar-refractivity contribution in [3.05, 3.63) is 58.8 Å². The lowest BCUT2D eigenvalue weighted by molar-refractivity contribution is 0.0158. The quantitative estimate of drug-likeness (QED) is 0.602.